The van der Waals surface area contributed by atoms with E-state index in [1.807, 2.05) is 6.92 Å². The summed E-state index contributed by atoms with van der Waals surface area (Å²) in [5.41, 5.74) is 0.0830. The molecule has 0 aliphatic heterocycles. The van der Waals surface area contributed by atoms with Crippen molar-refractivity contribution in [1.29, 1.82) is 0 Å². The minimum absolute atomic E-state index is 0.0830. The molecule has 1 unspecified atom stereocenters. The number of amides is 2. The van der Waals surface area contributed by atoms with Crippen LogP contribution in [0.5, 0.6) is 0 Å². The van der Waals surface area contributed by atoms with Gasteiger partial charge in [-0.1, -0.05) is 6.92 Å². The first-order chi connectivity index (χ1) is 9.99. The Labute approximate surface area is 123 Å². The number of nitrogens with one attached hydrogen (secondary N) is 3. The van der Waals surface area contributed by atoms with Crippen LogP contribution in [0.25, 0.3) is 0 Å². The summed E-state index contributed by atoms with van der Waals surface area (Å²) in [6, 6.07) is 0.393. The zero-order valence-corrected chi connectivity index (χ0v) is 12.5. The summed E-state index contributed by atoms with van der Waals surface area (Å²) in [5.74, 6) is -1.13. The molecule has 6 nitrogen and oxygen atoms in total. The first kappa shape index (κ1) is 16.9. The van der Waals surface area contributed by atoms with Gasteiger partial charge in [-0.05, 0) is 26.3 Å². The van der Waals surface area contributed by atoms with E-state index in [9.17, 15) is 14.0 Å². The van der Waals surface area contributed by atoms with Gasteiger partial charge in [0.15, 0.2) is 0 Å². The standard InChI is InChI=1S/C14H21FN4O2/c1-4-6-17-12-11(7-10(15)8-18-12)14(21)19-9(3)13(20)16-5-2/h7-9H,4-6H2,1-3H3,(H,16,20)(H,17,18)(H,19,21). The third kappa shape index (κ3) is 5.02. The summed E-state index contributed by atoms with van der Waals surface area (Å²) in [6.07, 6.45) is 1.89. The zero-order chi connectivity index (χ0) is 15.8. The van der Waals surface area contributed by atoms with Gasteiger partial charge in [0.1, 0.15) is 17.7 Å². The van der Waals surface area contributed by atoms with E-state index in [4.69, 9.17) is 0 Å². The second kappa shape index (κ2) is 8.18. The van der Waals surface area contributed by atoms with Crippen molar-refractivity contribution in [3.05, 3.63) is 23.6 Å². The van der Waals surface area contributed by atoms with Gasteiger partial charge in [0.25, 0.3) is 5.91 Å². The highest BCUT2D eigenvalue weighted by Crippen LogP contribution is 2.14. The number of pyridine rings is 1. The maximum Gasteiger partial charge on any atom is 0.255 e. The van der Waals surface area contributed by atoms with Gasteiger partial charge in [0.05, 0.1) is 11.8 Å². The summed E-state index contributed by atoms with van der Waals surface area (Å²) >= 11 is 0. The molecule has 21 heavy (non-hydrogen) atoms. The van der Waals surface area contributed by atoms with Crippen LogP contribution < -0.4 is 16.0 Å². The number of hydrogen-bond acceptors (Lipinski definition) is 4. The first-order valence-electron chi connectivity index (χ1n) is 6.97. The zero-order valence-electron chi connectivity index (χ0n) is 12.5. The number of hydrogen-bond donors (Lipinski definition) is 3. The molecule has 0 saturated carbocycles. The van der Waals surface area contributed by atoms with Crippen LogP contribution in [0.4, 0.5) is 10.2 Å². The lowest BCUT2D eigenvalue weighted by molar-refractivity contribution is -0.122. The smallest absolute Gasteiger partial charge is 0.255 e. The molecule has 0 saturated heterocycles. The Morgan fingerprint density at radius 3 is 2.71 bits per heavy atom. The molecule has 0 radical (unpaired) electrons. The molecule has 1 atom stereocenters. The van der Waals surface area contributed by atoms with E-state index in [0.29, 0.717) is 18.9 Å². The molecule has 1 rings (SSSR count). The van der Waals surface area contributed by atoms with Gasteiger partial charge in [-0.2, -0.15) is 0 Å². The Balaban J connectivity index is 2.85. The number of nitrogens with zero attached hydrogens (tertiary/aromatic N) is 1. The van der Waals surface area contributed by atoms with Gasteiger partial charge < -0.3 is 16.0 Å². The van der Waals surface area contributed by atoms with Crippen LogP contribution in [0.2, 0.25) is 0 Å². The number of anilines is 1. The lowest BCUT2D eigenvalue weighted by Crippen LogP contribution is -2.44. The molecular weight excluding hydrogens is 275 g/mol. The molecule has 0 aliphatic rings. The number of likely N-dealkylation sites (N-methyl/N-ethyl adjacent to an activating group) is 1. The molecule has 0 fully saturated rings. The highest BCUT2D eigenvalue weighted by atomic mass is 19.1. The van der Waals surface area contributed by atoms with Crippen molar-refractivity contribution in [2.75, 3.05) is 18.4 Å². The lowest BCUT2D eigenvalue weighted by Gasteiger charge is -2.15. The topological polar surface area (TPSA) is 83.1 Å². The van der Waals surface area contributed by atoms with Gasteiger partial charge in [-0.25, -0.2) is 9.37 Å². The van der Waals surface area contributed by atoms with Crippen LogP contribution in [-0.2, 0) is 4.79 Å². The largest absolute Gasteiger partial charge is 0.369 e. The monoisotopic (exact) mass is 296 g/mol. The molecule has 1 heterocycles. The molecule has 3 N–H and O–H groups in total. The van der Waals surface area contributed by atoms with Crippen molar-refractivity contribution in [3.63, 3.8) is 0 Å². The SMILES string of the molecule is CCCNc1ncc(F)cc1C(=O)NC(C)C(=O)NCC. The normalized spacial score (nSPS) is 11.6. The van der Waals surface area contributed by atoms with E-state index in [1.54, 1.807) is 13.8 Å². The van der Waals surface area contributed by atoms with E-state index in [1.165, 1.54) is 0 Å². The molecule has 2 amide bonds. The first-order valence-corrected chi connectivity index (χ1v) is 6.97. The number of halogens is 1. The van der Waals surface area contributed by atoms with Crippen molar-refractivity contribution in [1.82, 2.24) is 15.6 Å². The molecule has 7 heteroatoms. The van der Waals surface area contributed by atoms with E-state index in [2.05, 4.69) is 20.9 Å². The van der Waals surface area contributed by atoms with Crippen molar-refractivity contribution in [2.24, 2.45) is 0 Å². The van der Waals surface area contributed by atoms with Gasteiger partial charge in [0, 0.05) is 13.1 Å². The molecule has 0 aromatic carbocycles. The van der Waals surface area contributed by atoms with Gasteiger partial charge in [0.2, 0.25) is 5.91 Å². The fourth-order valence-corrected chi connectivity index (χ4v) is 1.66. The fourth-order valence-electron chi connectivity index (χ4n) is 1.66. The predicted molar refractivity (Wildman–Crippen MR) is 78.6 cm³/mol. The highest BCUT2D eigenvalue weighted by Gasteiger charge is 2.19. The maximum atomic E-state index is 13.3. The van der Waals surface area contributed by atoms with Crippen molar-refractivity contribution >= 4 is 17.6 Å². The summed E-state index contributed by atoms with van der Waals surface area (Å²) < 4.78 is 13.3. The minimum atomic E-state index is -0.709. The Morgan fingerprint density at radius 2 is 2.10 bits per heavy atom. The van der Waals surface area contributed by atoms with E-state index in [-0.39, 0.29) is 11.5 Å². The fraction of sp³-hybridized carbons (Fsp3) is 0.500. The Morgan fingerprint density at radius 1 is 1.38 bits per heavy atom. The number of aromatic nitrogens is 1. The van der Waals surface area contributed by atoms with Crippen LogP contribution in [0, 0.1) is 5.82 Å². The summed E-state index contributed by atoms with van der Waals surface area (Å²) in [5, 5.41) is 8.09. The van der Waals surface area contributed by atoms with Crippen molar-refractivity contribution in [2.45, 2.75) is 33.2 Å². The molecule has 0 spiro atoms. The number of carbonyl (C=O) groups is 2. The van der Waals surface area contributed by atoms with Crippen LogP contribution >= 0.6 is 0 Å². The molecule has 0 aliphatic carbocycles. The molecule has 0 bridgehead atoms. The number of rotatable bonds is 7. The van der Waals surface area contributed by atoms with E-state index < -0.39 is 17.8 Å². The second-order valence-electron chi connectivity index (χ2n) is 4.57. The number of carbonyl (C=O) groups excluding carboxylic acids is 2. The summed E-state index contributed by atoms with van der Waals surface area (Å²) in [4.78, 5) is 27.6. The summed E-state index contributed by atoms with van der Waals surface area (Å²) in [7, 11) is 0. The Kier molecular flexibility index (Phi) is 6.58. The van der Waals surface area contributed by atoms with Crippen LogP contribution in [0.1, 0.15) is 37.6 Å². The predicted octanol–water partition coefficient (Wildman–Crippen LogP) is 1.30. The molecule has 116 valence electrons. The van der Waals surface area contributed by atoms with Crippen LogP contribution in [0.3, 0.4) is 0 Å². The average Bonchev–Trinajstić information content (AvgIpc) is 2.46. The molecular formula is C14H21FN4O2. The minimum Gasteiger partial charge on any atom is -0.369 e. The van der Waals surface area contributed by atoms with E-state index in [0.717, 1.165) is 18.7 Å². The van der Waals surface area contributed by atoms with Crippen molar-refractivity contribution < 1.29 is 14.0 Å². The third-order valence-electron chi connectivity index (χ3n) is 2.73. The van der Waals surface area contributed by atoms with Crippen LogP contribution in [-0.4, -0.2) is 35.9 Å². The highest BCUT2D eigenvalue weighted by molar-refractivity contribution is 6.01. The quantitative estimate of drug-likeness (QED) is 0.708. The van der Waals surface area contributed by atoms with Crippen LogP contribution in [0.15, 0.2) is 12.3 Å². The van der Waals surface area contributed by atoms with Gasteiger partial charge in [-0.15, -0.1) is 0 Å². The van der Waals surface area contributed by atoms with Gasteiger partial charge >= 0.3 is 0 Å². The van der Waals surface area contributed by atoms with Crippen molar-refractivity contribution in [3.8, 4) is 0 Å². The maximum absolute atomic E-state index is 13.3. The van der Waals surface area contributed by atoms with E-state index >= 15 is 0 Å². The molecule has 1 aromatic heterocycles. The third-order valence-corrected chi connectivity index (χ3v) is 2.73. The second-order valence-corrected chi connectivity index (χ2v) is 4.57. The Hall–Kier alpha value is -2.18. The average molecular weight is 296 g/mol. The lowest BCUT2D eigenvalue weighted by atomic mass is 10.2. The Bertz CT molecular complexity index is 508. The van der Waals surface area contributed by atoms with Gasteiger partial charge in [-0.3, -0.25) is 9.59 Å². The summed E-state index contributed by atoms with van der Waals surface area (Å²) in [6.45, 7) is 6.41. The molecule has 1 aromatic rings.